The number of piperazine rings is 1. The van der Waals surface area contributed by atoms with Gasteiger partial charge in [0.15, 0.2) is 0 Å². The van der Waals surface area contributed by atoms with Crippen molar-refractivity contribution in [2.45, 2.75) is 56.8 Å². The van der Waals surface area contributed by atoms with Crippen molar-refractivity contribution in [3.8, 4) is 0 Å². The second-order valence-electron chi connectivity index (χ2n) is 6.80. The van der Waals surface area contributed by atoms with Crippen LogP contribution in [0, 0.1) is 0 Å². The molecule has 1 aromatic rings. The third-order valence-corrected chi connectivity index (χ3v) is 5.45. The minimum Gasteiger partial charge on any atom is -0.381 e. The molecule has 1 aliphatic heterocycles. The molecular formula is C18H28N2O. The lowest BCUT2D eigenvalue weighted by Crippen LogP contribution is -2.65. The first-order valence-electron chi connectivity index (χ1n) is 8.25. The highest BCUT2D eigenvalue weighted by atomic mass is 16.5. The molecule has 2 atom stereocenters. The zero-order valence-electron chi connectivity index (χ0n) is 13.5. The minimum absolute atomic E-state index is 0.0606. The molecule has 2 aliphatic rings. The topological polar surface area (TPSA) is 24.5 Å². The van der Waals surface area contributed by atoms with E-state index in [1.807, 2.05) is 7.11 Å². The Bertz CT molecular complexity index is 458. The van der Waals surface area contributed by atoms with E-state index in [4.69, 9.17) is 4.74 Å². The molecule has 2 unspecified atom stereocenters. The predicted octanol–water partition coefficient (Wildman–Crippen LogP) is 2.76. The molecule has 1 N–H and O–H groups in total. The van der Waals surface area contributed by atoms with Crippen molar-refractivity contribution in [2.24, 2.45) is 0 Å². The molecule has 1 aromatic carbocycles. The van der Waals surface area contributed by atoms with Crippen LogP contribution in [0.1, 0.15) is 38.7 Å². The van der Waals surface area contributed by atoms with E-state index in [1.54, 1.807) is 0 Å². The van der Waals surface area contributed by atoms with Gasteiger partial charge < -0.3 is 10.1 Å². The first kappa shape index (κ1) is 15.0. The molecule has 1 saturated carbocycles. The van der Waals surface area contributed by atoms with E-state index in [0.29, 0.717) is 18.2 Å². The van der Waals surface area contributed by atoms with Crippen LogP contribution in [0.25, 0.3) is 0 Å². The van der Waals surface area contributed by atoms with Crippen LogP contribution in [-0.2, 0) is 10.3 Å². The Hall–Kier alpha value is -0.900. The summed E-state index contributed by atoms with van der Waals surface area (Å²) in [5, 5.41) is 3.80. The fourth-order valence-corrected chi connectivity index (χ4v) is 3.82. The summed E-state index contributed by atoms with van der Waals surface area (Å²) < 4.78 is 5.47. The summed E-state index contributed by atoms with van der Waals surface area (Å²) in [6.45, 7) is 6.82. The second-order valence-corrected chi connectivity index (χ2v) is 6.80. The van der Waals surface area contributed by atoms with E-state index in [9.17, 15) is 0 Å². The molecule has 21 heavy (non-hydrogen) atoms. The lowest BCUT2D eigenvalue weighted by atomic mass is 9.81. The Morgan fingerprint density at radius 3 is 2.62 bits per heavy atom. The van der Waals surface area contributed by atoms with Crippen LogP contribution < -0.4 is 5.32 Å². The molecule has 1 aliphatic carbocycles. The number of hydrogen-bond donors (Lipinski definition) is 1. The molecule has 3 heteroatoms. The van der Waals surface area contributed by atoms with E-state index >= 15 is 0 Å². The normalized spacial score (nSPS) is 37.2. The maximum Gasteiger partial charge on any atom is 0.0601 e. The van der Waals surface area contributed by atoms with Gasteiger partial charge >= 0.3 is 0 Å². The van der Waals surface area contributed by atoms with Crippen molar-refractivity contribution < 1.29 is 4.74 Å². The van der Waals surface area contributed by atoms with Crippen LogP contribution in [0.3, 0.4) is 0 Å². The Kier molecular flexibility index (Phi) is 4.34. The highest BCUT2D eigenvalue weighted by Gasteiger charge is 2.43. The molecule has 3 rings (SSSR count). The van der Waals surface area contributed by atoms with Crippen molar-refractivity contribution in [1.82, 2.24) is 10.2 Å². The smallest absolute Gasteiger partial charge is 0.0601 e. The Morgan fingerprint density at radius 2 is 2.00 bits per heavy atom. The van der Waals surface area contributed by atoms with Gasteiger partial charge in [0.1, 0.15) is 0 Å². The fourth-order valence-electron chi connectivity index (χ4n) is 3.82. The van der Waals surface area contributed by atoms with Crippen LogP contribution in [-0.4, -0.2) is 43.3 Å². The second kappa shape index (κ2) is 6.07. The van der Waals surface area contributed by atoms with Gasteiger partial charge in [-0.3, -0.25) is 4.90 Å². The van der Waals surface area contributed by atoms with Crippen molar-refractivity contribution in [2.75, 3.05) is 20.2 Å². The van der Waals surface area contributed by atoms with E-state index in [2.05, 4.69) is 54.4 Å². The first-order valence-corrected chi connectivity index (χ1v) is 8.25. The molecule has 0 amide bonds. The first-order chi connectivity index (χ1) is 10.2. The number of nitrogens with zero attached hydrogens (tertiary/aromatic N) is 1. The fraction of sp³-hybridized carbons (Fsp3) is 0.667. The average molecular weight is 288 g/mol. The van der Waals surface area contributed by atoms with E-state index < -0.39 is 0 Å². The summed E-state index contributed by atoms with van der Waals surface area (Å²) in [6.07, 6.45) is 4.08. The van der Waals surface area contributed by atoms with Crippen LogP contribution in [0.5, 0.6) is 0 Å². The Morgan fingerprint density at radius 1 is 1.29 bits per heavy atom. The van der Waals surface area contributed by atoms with Gasteiger partial charge in [-0.2, -0.15) is 0 Å². The van der Waals surface area contributed by atoms with Crippen molar-refractivity contribution in [3.05, 3.63) is 35.9 Å². The van der Waals surface area contributed by atoms with Gasteiger partial charge in [-0.25, -0.2) is 0 Å². The molecule has 0 aromatic heterocycles. The van der Waals surface area contributed by atoms with Gasteiger partial charge in [0.05, 0.1) is 11.6 Å². The van der Waals surface area contributed by atoms with Gasteiger partial charge in [-0.15, -0.1) is 0 Å². The van der Waals surface area contributed by atoms with Gasteiger partial charge in [0, 0.05) is 32.3 Å². The number of rotatable bonds is 4. The summed E-state index contributed by atoms with van der Waals surface area (Å²) in [5.74, 6) is 0. The minimum atomic E-state index is 0.0606. The number of hydrogen-bond acceptors (Lipinski definition) is 3. The van der Waals surface area contributed by atoms with Gasteiger partial charge in [0.25, 0.3) is 0 Å². The predicted molar refractivity (Wildman–Crippen MR) is 86.4 cm³/mol. The van der Waals surface area contributed by atoms with E-state index in [-0.39, 0.29) is 5.54 Å². The van der Waals surface area contributed by atoms with Gasteiger partial charge in [-0.1, -0.05) is 37.3 Å². The van der Waals surface area contributed by atoms with Crippen LogP contribution in [0.15, 0.2) is 30.3 Å². The maximum absolute atomic E-state index is 5.47. The van der Waals surface area contributed by atoms with Crippen molar-refractivity contribution in [3.63, 3.8) is 0 Å². The lowest BCUT2D eigenvalue weighted by molar-refractivity contribution is -0.0624. The highest BCUT2D eigenvalue weighted by molar-refractivity contribution is 5.25. The summed E-state index contributed by atoms with van der Waals surface area (Å²) in [7, 11) is 1.84. The zero-order valence-corrected chi connectivity index (χ0v) is 13.5. The lowest BCUT2D eigenvalue weighted by Gasteiger charge is -2.53. The third-order valence-electron chi connectivity index (χ3n) is 5.45. The average Bonchev–Trinajstić information content (AvgIpc) is 2.47. The highest BCUT2D eigenvalue weighted by Crippen LogP contribution is 2.35. The summed E-state index contributed by atoms with van der Waals surface area (Å²) in [4.78, 5) is 2.74. The van der Waals surface area contributed by atoms with Crippen molar-refractivity contribution >= 4 is 0 Å². The molecule has 0 bridgehead atoms. The monoisotopic (exact) mass is 288 g/mol. The molecular weight excluding hydrogens is 260 g/mol. The summed E-state index contributed by atoms with van der Waals surface area (Å²) in [5.41, 5.74) is 1.46. The Labute approximate surface area is 128 Å². The molecule has 1 saturated heterocycles. The Balaban J connectivity index is 1.75. The van der Waals surface area contributed by atoms with E-state index in [0.717, 1.165) is 13.1 Å². The maximum atomic E-state index is 5.47. The largest absolute Gasteiger partial charge is 0.381 e. The molecule has 0 spiro atoms. The molecule has 0 radical (unpaired) electrons. The number of nitrogens with one attached hydrogen (secondary N) is 1. The number of ether oxygens (including phenoxy) is 1. The molecule has 2 fully saturated rings. The quantitative estimate of drug-likeness (QED) is 0.922. The molecule has 116 valence electrons. The summed E-state index contributed by atoms with van der Waals surface area (Å²) in [6, 6.07) is 12.2. The summed E-state index contributed by atoms with van der Waals surface area (Å²) >= 11 is 0. The molecule has 3 nitrogen and oxygen atoms in total. The van der Waals surface area contributed by atoms with Crippen molar-refractivity contribution in [1.29, 1.82) is 0 Å². The van der Waals surface area contributed by atoms with Crippen LogP contribution in [0.2, 0.25) is 0 Å². The van der Waals surface area contributed by atoms with Crippen LogP contribution >= 0.6 is 0 Å². The van der Waals surface area contributed by atoms with Crippen LogP contribution in [0.4, 0.5) is 0 Å². The standard InChI is InChI=1S/C18H28N2O/c1-4-15-12-19-18(2,14-8-6-5-7-9-14)13-20(15)16-10-17(11-16)21-3/h5-9,15-17,19H,4,10-13H2,1-3H3. The number of methoxy groups -OCH3 is 1. The van der Waals surface area contributed by atoms with Gasteiger partial charge in [0.2, 0.25) is 0 Å². The third kappa shape index (κ3) is 2.87. The SMILES string of the molecule is CCC1CNC(C)(c2ccccc2)CN1C1CC(OC)C1. The number of benzene rings is 1. The van der Waals surface area contributed by atoms with E-state index in [1.165, 1.54) is 24.8 Å². The zero-order chi connectivity index (χ0) is 14.9. The molecule has 1 heterocycles. The van der Waals surface area contributed by atoms with Gasteiger partial charge in [-0.05, 0) is 31.7 Å².